The zero-order valence-electron chi connectivity index (χ0n) is 9.08. The van der Waals surface area contributed by atoms with Crippen LogP contribution >= 0.6 is 0 Å². The summed E-state index contributed by atoms with van der Waals surface area (Å²) in [6.07, 6.45) is 2.63. The summed E-state index contributed by atoms with van der Waals surface area (Å²) in [5.74, 6) is 0.279. The van der Waals surface area contributed by atoms with Crippen molar-refractivity contribution < 1.29 is 14.1 Å². The lowest BCUT2D eigenvalue weighted by Crippen LogP contribution is -2.14. The van der Waals surface area contributed by atoms with E-state index in [1.54, 1.807) is 0 Å². The number of aromatic nitrogens is 3. The molecule has 0 atom stereocenters. The van der Waals surface area contributed by atoms with Crippen LogP contribution in [0.5, 0.6) is 5.88 Å². The second-order valence-corrected chi connectivity index (χ2v) is 3.01. The second kappa shape index (κ2) is 5.06. The lowest BCUT2D eigenvalue weighted by molar-refractivity contribution is 0.102. The topological polar surface area (TPSA) is 90.1 Å². The van der Waals surface area contributed by atoms with Gasteiger partial charge in [0.2, 0.25) is 5.88 Å². The highest BCUT2D eigenvalue weighted by Gasteiger charge is 2.10. The van der Waals surface area contributed by atoms with Crippen LogP contribution in [0.4, 0.5) is 5.82 Å². The number of nitrogens with one attached hydrogen (secondary N) is 1. The van der Waals surface area contributed by atoms with Gasteiger partial charge in [-0.2, -0.15) is 0 Å². The number of rotatable bonds is 4. The fourth-order valence-corrected chi connectivity index (χ4v) is 1.15. The van der Waals surface area contributed by atoms with Crippen LogP contribution in [0.15, 0.2) is 29.2 Å². The first-order valence-electron chi connectivity index (χ1n) is 4.96. The van der Waals surface area contributed by atoms with Crippen LogP contribution in [0.1, 0.15) is 17.4 Å². The maximum atomic E-state index is 11.7. The van der Waals surface area contributed by atoms with Gasteiger partial charge in [0.05, 0.1) is 6.61 Å². The number of hydrogen-bond donors (Lipinski definition) is 1. The lowest BCUT2D eigenvalue weighted by Gasteiger charge is -2.03. The Morgan fingerprint density at radius 1 is 1.53 bits per heavy atom. The summed E-state index contributed by atoms with van der Waals surface area (Å²) in [5, 5.41) is 6.08. The summed E-state index contributed by atoms with van der Waals surface area (Å²) in [7, 11) is 0. The molecule has 0 aromatic carbocycles. The first-order chi connectivity index (χ1) is 8.29. The molecule has 7 heteroatoms. The molecule has 2 aromatic rings. The number of hydrogen-bond acceptors (Lipinski definition) is 6. The molecule has 0 bridgehead atoms. The molecule has 0 radical (unpaired) electrons. The highest BCUT2D eigenvalue weighted by Crippen LogP contribution is 2.09. The Balaban J connectivity index is 2.11. The van der Waals surface area contributed by atoms with E-state index >= 15 is 0 Å². The predicted molar refractivity (Wildman–Crippen MR) is 57.7 cm³/mol. The quantitative estimate of drug-likeness (QED) is 0.852. The van der Waals surface area contributed by atoms with Crippen LogP contribution in [0.3, 0.4) is 0 Å². The first-order valence-corrected chi connectivity index (χ1v) is 4.96. The lowest BCUT2D eigenvalue weighted by atomic mass is 10.3. The molecule has 17 heavy (non-hydrogen) atoms. The fraction of sp³-hybridized carbons (Fsp3) is 0.200. The van der Waals surface area contributed by atoms with Gasteiger partial charge in [0.15, 0.2) is 5.82 Å². The minimum atomic E-state index is -0.401. The summed E-state index contributed by atoms with van der Waals surface area (Å²) >= 11 is 0. The molecular weight excluding hydrogens is 224 g/mol. The van der Waals surface area contributed by atoms with Gasteiger partial charge in [0.1, 0.15) is 18.3 Å². The SMILES string of the molecule is CCOc1cc(C(=O)Nc2ccon2)ncn1. The summed E-state index contributed by atoms with van der Waals surface area (Å²) in [6.45, 7) is 2.30. The Kier molecular flexibility index (Phi) is 3.29. The van der Waals surface area contributed by atoms with Gasteiger partial charge in [-0.25, -0.2) is 9.97 Å². The Bertz CT molecular complexity index is 498. The zero-order valence-corrected chi connectivity index (χ0v) is 9.08. The fourth-order valence-electron chi connectivity index (χ4n) is 1.15. The summed E-state index contributed by atoms with van der Waals surface area (Å²) < 4.78 is 9.76. The third-order valence-corrected chi connectivity index (χ3v) is 1.85. The molecule has 1 amide bonds. The minimum Gasteiger partial charge on any atom is -0.478 e. The van der Waals surface area contributed by atoms with Crippen LogP contribution < -0.4 is 10.1 Å². The van der Waals surface area contributed by atoms with Crippen molar-refractivity contribution in [2.24, 2.45) is 0 Å². The van der Waals surface area contributed by atoms with Crippen LogP contribution in [-0.4, -0.2) is 27.6 Å². The van der Waals surface area contributed by atoms with Crippen LogP contribution in [0.2, 0.25) is 0 Å². The number of carbonyl (C=O) groups excluding carboxylic acids is 1. The summed E-state index contributed by atoms with van der Waals surface area (Å²) in [6, 6.07) is 2.99. The average molecular weight is 234 g/mol. The van der Waals surface area contributed by atoms with Crippen molar-refractivity contribution in [3.63, 3.8) is 0 Å². The van der Waals surface area contributed by atoms with Gasteiger partial charge in [0, 0.05) is 12.1 Å². The van der Waals surface area contributed by atoms with E-state index in [9.17, 15) is 4.79 Å². The molecule has 2 heterocycles. The predicted octanol–water partition coefficient (Wildman–Crippen LogP) is 1.12. The zero-order chi connectivity index (χ0) is 12.1. The summed E-state index contributed by atoms with van der Waals surface area (Å²) in [4.78, 5) is 19.4. The van der Waals surface area contributed by atoms with E-state index in [0.29, 0.717) is 18.3 Å². The van der Waals surface area contributed by atoms with Crippen molar-refractivity contribution >= 4 is 11.7 Å². The van der Waals surface area contributed by atoms with E-state index in [4.69, 9.17) is 4.74 Å². The van der Waals surface area contributed by atoms with Crippen molar-refractivity contribution in [3.8, 4) is 5.88 Å². The van der Waals surface area contributed by atoms with Crippen molar-refractivity contribution in [2.45, 2.75) is 6.92 Å². The van der Waals surface area contributed by atoms with Crippen LogP contribution in [-0.2, 0) is 0 Å². The molecule has 0 aliphatic heterocycles. The largest absolute Gasteiger partial charge is 0.478 e. The summed E-state index contributed by atoms with van der Waals surface area (Å²) in [5.41, 5.74) is 0.200. The van der Waals surface area contributed by atoms with Gasteiger partial charge < -0.3 is 14.6 Å². The first kappa shape index (κ1) is 11.1. The van der Waals surface area contributed by atoms with Crippen molar-refractivity contribution in [1.82, 2.24) is 15.1 Å². The van der Waals surface area contributed by atoms with E-state index < -0.39 is 5.91 Å². The van der Waals surface area contributed by atoms with Crippen LogP contribution in [0, 0.1) is 0 Å². The third kappa shape index (κ3) is 2.77. The van der Waals surface area contributed by atoms with Gasteiger partial charge in [-0.15, -0.1) is 0 Å². The molecule has 0 aliphatic carbocycles. The van der Waals surface area contributed by atoms with Gasteiger partial charge >= 0.3 is 0 Å². The smallest absolute Gasteiger partial charge is 0.275 e. The maximum Gasteiger partial charge on any atom is 0.275 e. The van der Waals surface area contributed by atoms with Crippen LogP contribution in [0.25, 0.3) is 0 Å². The Hall–Kier alpha value is -2.44. The highest BCUT2D eigenvalue weighted by molar-refractivity contribution is 6.02. The number of amides is 1. The third-order valence-electron chi connectivity index (χ3n) is 1.85. The van der Waals surface area contributed by atoms with E-state index in [0.717, 1.165) is 0 Å². The van der Waals surface area contributed by atoms with Gasteiger partial charge in [-0.3, -0.25) is 4.79 Å². The Labute approximate surface area is 96.8 Å². The van der Waals surface area contributed by atoms with Gasteiger partial charge in [-0.05, 0) is 6.92 Å². The highest BCUT2D eigenvalue weighted by atomic mass is 16.5. The number of ether oxygens (including phenoxy) is 1. The molecule has 1 N–H and O–H groups in total. The van der Waals surface area contributed by atoms with Gasteiger partial charge in [-0.1, -0.05) is 5.16 Å². The van der Waals surface area contributed by atoms with Crippen molar-refractivity contribution in [2.75, 3.05) is 11.9 Å². The molecule has 0 saturated carbocycles. The monoisotopic (exact) mass is 234 g/mol. The van der Waals surface area contributed by atoms with Gasteiger partial charge in [0.25, 0.3) is 5.91 Å². The van der Waals surface area contributed by atoms with Crippen molar-refractivity contribution in [1.29, 1.82) is 0 Å². The Morgan fingerprint density at radius 3 is 3.12 bits per heavy atom. The van der Waals surface area contributed by atoms with E-state index in [2.05, 4.69) is 25.0 Å². The molecule has 2 aromatic heterocycles. The molecule has 0 spiro atoms. The number of anilines is 1. The van der Waals surface area contributed by atoms with E-state index in [-0.39, 0.29) is 5.69 Å². The molecule has 0 saturated heterocycles. The number of carbonyl (C=O) groups is 1. The average Bonchev–Trinajstić information content (AvgIpc) is 2.83. The molecule has 0 aliphatic rings. The normalized spacial score (nSPS) is 9.94. The number of nitrogens with zero attached hydrogens (tertiary/aromatic N) is 3. The molecule has 2 rings (SSSR count). The molecule has 0 unspecified atom stereocenters. The Morgan fingerprint density at radius 2 is 2.41 bits per heavy atom. The second-order valence-electron chi connectivity index (χ2n) is 3.01. The minimum absolute atomic E-state index is 0.200. The standard InChI is InChI=1S/C10H10N4O3/c1-2-16-9-5-7(11-6-12-9)10(15)13-8-3-4-17-14-8/h3-6H,2H2,1H3,(H,13,14,15). The molecular formula is C10H10N4O3. The van der Waals surface area contributed by atoms with E-state index in [1.807, 2.05) is 6.92 Å². The molecule has 88 valence electrons. The molecule has 0 fully saturated rings. The van der Waals surface area contributed by atoms with Crippen molar-refractivity contribution in [3.05, 3.63) is 30.4 Å². The molecule has 7 nitrogen and oxygen atoms in total. The van der Waals surface area contributed by atoms with E-state index in [1.165, 1.54) is 24.7 Å². The maximum absolute atomic E-state index is 11.7.